The van der Waals surface area contributed by atoms with Crippen LogP contribution in [-0.2, 0) is 0 Å². The Morgan fingerprint density at radius 3 is 1.84 bits per heavy atom. The van der Waals surface area contributed by atoms with E-state index >= 15 is 0 Å². The molecular formula is C46H36N4. The van der Waals surface area contributed by atoms with Crippen LogP contribution in [0.25, 0.3) is 61.4 Å². The molecule has 6 aromatic carbocycles. The number of nitrogens with zero attached hydrogens (tertiary/aromatic N) is 4. The van der Waals surface area contributed by atoms with Gasteiger partial charge in [-0.2, -0.15) is 0 Å². The molecule has 240 valence electrons. The Balaban J connectivity index is 1.12. The number of aromatic nitrogens is 3. The number of benzene rings is 6. The number of anilines is 2. The molecule has 0 saturated heterocycles. The Morgan fingerprint density at radius 2 is 1.10 bits per heavy atom. The molecule has 1 fully saturated rings. The first-order chi connectivity index (χ1) is 24.8. The Hall–Kier alpha value is -6.00. The van der Waals surface area contributed by atoms with Gasteiger partial charge < -0.3 is 9.47 Å². The summed E-state index contributed by atoms with van der Waals surface area (Å²) in [6.45, 7) is 0. The van der Waals surface area contributed by atoms with Crippen LogP contribution in [0.4, 0.5) is 11.4 Å². The van der Waals surface area contributed by atoms with Crippen LogP contribution in [-0.4, -0.2) is 20.6 Å². The molecule has 3 heterocycles. The second-order valence-electron chi connectivity index (χ2n) is 13.7. The summed E-state index contributed by atoms with van der Waals surface area (Å²) in [5, 5.41) is 2.63. The molecule has 1 aliphatic heterocycles. The maximum atomic E-state index is 5.08. The fourth-order valence-electron chi connectivity index (χ4n) is 8.54. The Morgan fingerprint density at radius 1 is 0.480 bits per heavy atom. The Kier molecular flexibility index (Phi) is 6.87. The summed E-state index contributed by atoms with van der Waals surface area (Å²) in [5.41, 5.74) is 12.8. The second kappa shape index (κ2) is 11.9. The van der Waals surface area contributed by atoms with Gasteiger partial charge in [-0.05, 0) is 66.9 Å². The van der Waals surface area contributed by atoms with E-state index in [0.29, 0.717) is 12.0 Å². The van der Waals surface area contributed by atoms with E-state index in [1.807, 2.05) is 24.3 Å². The van der Waals surface area contributed by atoms with Crippen molar-refractivity contribution in [2.45, 2.75) is 37.6 Å². The van der Waals surface area contributed by atoms with Gasteiger partial charge >= 0.3 is 0 Å². The van der Waals surface area contributed by atoms with E-state index in [2.05, 4.69) is 143 Å². The van der Waals surface area contributed by atoms with Gasteiger partial charge in [0.25, 0.3) is 0 Å². The van der Waals surface area contributed by atoms with Crippen LogP contribution < -0.4 is 4.90 Å². The summed E-state index contributed by atoms with van der Waals surface area (Å²) in [4.78, 5) is 12.7. The summed E-state index contributed by atoms with van der Waals surface area (Å²) in [6, 6.07) is 57.1. The monoisotopic (exact) mass is 644 g/mol. The van der Waals surface area contributed by atoms with Gasteiger partial charge in [0.1, 0.15) is 0 Å². The summed E-state index contributed by atoms with van der Waals surface area (Å²) >= 11 is 0. The minimum absolute atomic E-state index is 0.515. The average molecular weight is 645 g/mol. The number of rotatable bonds is 5. The molecule has 8 aromatic rings. The van der Waals surface area contributed by atoms with Gasteiger partial charge in [-0.25, -0.2) is 9.97 Å². The van der Waals surface area contributed by atoms with E-state index in [1.54, 1.807) is 0 Å². The molecular weight excluding hydrogens is 609 g/mol. The number of hydrogen-bond acceptors (Lipinski definition) is 3. The van der Waals surface area contributed by atoms with Gasteiger partial charge in [-0.3, -0.25) is 0 Å². The molecule has 0 N–H and O–H groups in total. The highest BCUT2D eigenvalue weighted by molar-refractivity contribution is 6.11. The van der Waals surface area contributed by atoms with E-state index in [1.165, 1.54) is 64.4 Å². The summed E-state index contributed by atoms with van der Waals surface area (Å²) in [6.07, 6.45) is 5.10. The minimum Gasteiger partial charge on any atom is -0.337 e. The van der Waals surface area contributed by atoms with Crippen LogP contribution >= 0.6 is 0 Å². The average Bonchev–Trinajstić information content (AvgIpc) is 3.70. The third-order valence-corrected chi connectivity index (χ3v) is 10.8. The van der Waals surface area contributed by atoms with Crippen LogP contribution in [0, 0.1) is 0 Å². The fourth-order valence-corrected chi connectivity index (χ4v) is 8.54. The molecule has 2 unspecified atom stereocenters. The zero-order chi connectivity index (χ0) is 33.0. The zero-order valence-electron chi connectivity index (χ0n) is 27.8. The van der Waals surface area contributed by atoms with Crippen LogP contribution in [0.2, 0.25) is 0 Å². The lowest BCUT2D eigenvalue weighted by Crippen LogP contribution is -2.32. The van der Waals surface area contributed by atoms with Crippen molar-refractivity contribution in [3.8, 4) is 39.6 Å². The normalized spacial score (nSPS) is 16.8. The molecule has 2 aromatic heterocycles. The molecule has 2 aliphatic rings. The van der Waals surface area contributed by atoms with Crippen LogP contribution in [0.1, 0.15) is 37.2 Å². The lowest BCUT2D eigenvalue weighted by Gasteiger charge is -2.33. The molecule has 4 nitrogen and oxygen atoms in total. The number of fused-ring (bicyclic) bond motifs is 6. The third-order valence-electron chi connectivity index (χ3n) is 10.8. The molecule has 2 atom stereocenters. The molecule has 0 radical (unpaired) electrons. The maximum absolute atomic E-state index is 5.08. The van der Waals surface area contributed by atoms with E-state index in [9.17, 15) is 0 Å². The molecule has 10 rings (SSSR count). The molecule has 50 heavy (non-hydrogen) atoms. The number of hydrogen-bond donors (Lipinski definition) is 0. The van der Waals surface area contributed by atoms with E-state index in [-0.39, 0.29) is 0 Å². The van der Waals surface area contributed by atoms with Crippen LogP contribution in [0.5, 0.6) is 0 Å². The van der Waals surface area contributed by atoms with Crippen molar-refractivity contribution in [2.75, 3.05) is 4.90 Å². The Bertz CT molecular complexity index is 2430. The highest BCUT2D eigenvalue weighted by atomic mass is 15.2. The first-order valence-electron chi connectivity index (χ1n) is 17.8. The molecule has 0 amide bonds. The molecule has 1 aliphatic carbocycles. The minimum atomic E-state index is 0.515. The summed E-state index contributed by atoms with van der Waals surface area (Å²) < 4.78 is 2.45. The fraction of sp³-hybridized carbons (Fsp3) is 0.130. The van der Waals surface area contributed by atoms with Crippen LogP contribution in [0.15, 0.2) is 158 Å². The summed E-state index contributed by atoms with van der Waals surface area (Å²) in [7, 11) is 0. The van der Waals surface area contributed by atoms with Crippen LogP contribution in [0.3, 0.4) is 0 Å². The topological polar surface area (TPSA) is 34.0 Å². The smallest absolute Gasteiger partial charge is 0.160 e. The van der Waals surface area contributed by atoms with Crippen molar-refractivity contribution in [1.82, 2.24) is 14.5 Å². The predicted molar refractivity (Wildman–Crippen MR) is 206 cm³/mol. The van der Waals surface area contributed by atoms with Gasteiger partial charge in [0.15, 0.2) is 5.82 Å². The highest BCUT2D eigenvalue weighted by Gasteiger charge is 2.41. The lowest BCUT2D eigenvalue weighted by molar-refractivity contribution is 0.402. The van der Waals surface area contributed by atoms with E-state index < -0.39 is 0 Å². The van der Waals surface area contributed by atoms with E-state index in [4.69, 9.17) is 9.97 Å². The van der Waals surface area contributed by atoms with Crippen molar-refractivity contribution in [1.29, 1.82) is 0 Å². The first-order valence-corrected chi connectivity index (χ1v) is 17.8. The highest BCUT2D eigenvalue weighted by Crippen LogP contribution is 2.53. The number of para-hydroxylation sites is 2. The Labute approximate surface area is 292 Å². The van der Waals surface area contributed by atoms with Gasteiger partial charge in [-0.15, -0.1) is 0 Å². The van der Waals surface area contributed by atoms with Gasteiger partial charge in [-0.1, -0.05) is 122 Å². The quantitative estimate of drug-likeness (QED) is 0.187. The second-order valence-corrected chi connectivity index (χ2v) is 13.7. The SMILES string of the molecule is c1ccc(-c2cc(-c3ccc(-n4c5ccccc5c5cc6c(cc54)N(c4ccccc4)C4CCCCC64)cc3)nc(-c3ccccc3)n2)cc1. The third kappa shape index (κ3) is 4.74. The van der Waals surface area contributed by atoms with Crippen molar-refractivity contribution in [3.05, 3.63) is 163 Å². The molecule has 4 heteroatoms. The van der Waals surface area contributed by atoms with Gasteiger partial charge in [0.2, 0.25) is 0 Å². The van der Waals surface area contributed by atoms with Gasteiger partial charge in [0, 0.05) is 56.5 Å². The maximum Gasteiger partial charge on any atom is 0.160 e. The van der Waals surface area contributed by atoms with Gasteiger partial charge in [0.05, 0.1) is 22.4 Å². The first kappa shape index (κ1) is 29.0. The largest absolute Gasteiger partial charge is 0.337 e. The lowest BCUT2D eigenvalue weighted by atomic mass is 9.82. The van der Waals surface area contributed by atoms with Crippen molar-refractivity contribution in [2.24, 2.45) is 0 Å². The summed E-state index contributed by atoms with van der Waals surface area (Å²) in [5.74, 6) is 1.30. The zero-order valence-corrected chi connectivity index (χ0v) is 27.8. The molecule has 1 saturated carbocycles. The van der Waals surface area contributed by atoms with E-state index in [0.717, 1.165) is 39.6 Å². The van der Waals surface area contributed by atoms with Crippen molar-refractivity contribution >= 4 is 33.2 Å². The van der Waals surface area contributed by atoms with Crippen molar-refractivity contribution in [3.63, 3.8) is 0 Å². The standard InChI is InChI=1S/C46H36N4/c1-4-14-31(15-5-1)40-29-41(48-46(47-40)33-16-6-2-7-17-33)32-24-26-35(27-25-32)50-43-23-13-11-21-37(43)39-28-38-36-20-10-12-22-42(36)49(44(38)30-45(39)50)34-18-8-3-9-19-34/h1-9,11,13-19,21,23-30,36,42H,10,12,20,22H2. The van der Waals surface area contributed by atoms with Crippen molar-refractivity contribution < 1.29 is 0 Å². The predicted octanol–water partition coefficient (Wildman–Crippen LogP) is 11.8. The molecule has 0 bridgehead atoms. The molecule has 0 spiro atoms.